The zero-order valence-electron chi connectivity index (χ0n) is 13.8. The summed E-state index contributed by atoms with van der Waals surface area (Å²) in [7, 11) is -3.65. The van der Waals surface area contributed by atoms with E-state index in [1.165, 1.54) is 4.90 Å². The van der Waals surface area contributed by atoms with Gasteiger partial charge in [-0.25, -0.2) is 8.42 Å². The highest BCUT2D eigenvalue weighted by atomic mass is 32.2. The Labute approximate surface area is 132 Å². The van der Waals surface area contributed by atoms with Gasteiger partial charge in [0.05, 0.1) is 4.75 Å². The molecule has 1 saturated carbocycles. The molecule has 0 aromatic carbocycles. The van der Waals surface area contributed by atoms with E-state index in [-0.39, 0.29) is 11.3 Å². The molecule has 22 heavy (non-hydrogen) atoms. The van der Waals surface area contributed by atoms with E-state index in [0.29, 0.717) is 32.2 Å². The van der Waals surface area contributed by atoms with Gasteiger partial charge in [-0.3, -0.25) is 14.3 Å². The number of carbonyl (C=O) groups is 2. The topological polar surface area (TPSA) is 83.6 Å². The van der Waals surface area contributed by atoms with Gasteiger partial charge in [0.2, 0.25) is 15.9 Å². The lowest BCUT2D eigenvalue weighted by atomic mass is 9.91. The molecule has 0 radical (unpaired) electrons. The lowest BCUT2D eigenvalue weighted by Crippen LogP contribution is -2.50. The molecule has 1 aliphatic heterocycles. The number of hydrogen-bond acceptors (Lipinski definition) is 4. The van der Waals surface area contributed by atoms with E-state index in [2.05, 4.69) is 4.72 Å². The van der Waals surface area contributed by atoms with Crippen molar-refractivity contribution < 1.29 is 18.0 Å². The van der Waals surface area contributed by atoms with Gasteiger partial charge < -0.3 is 4.90 Å². The van der Waals surface area contributed by atoms with Gasteiger partial charge in [0.1, 0.15) is 6.04 Å². The van der Waals surface area contributed by atoms with Gasteiger partial charge in [0, 0.05) is 13.0 Å². The molecule has 1 atom stereocenters. The molecule has 1 aliphatic carbocycles. The minimum atomic E-state index is -3.65. The molecule has 2 rings (SSSR count). The van der Waals surface area contributed by atoms with Crippen molar-refractivity contribution in [1.82, 2.24) is 9.62 Å². The molecule has 1 saturated heterocycles. The number of carbonyl (C=O) groups excluding carboxylic acids is 2. The number of rotatable bonds is 4. The highest BCUT2D eigenvalue weighted by molar-refractivity contribution is 7.91. The molecule has 0 aromatic rings. The fourth-order valence-electron chi connectivity index (χ4n) is 2.66. The third-order valence-electron chi connectivity index (χ3n) is 4.40. The largest absolute Gasteiger partial charge is 0.331 e. The Bertz CT molecular complexity index is 573. The quantitative estimate of drug-likeness (QED) is 0.845. The summed E-state index contributed by atoms with van der Waals surface area (Å²) in [6, 6.07) is -0.660. The number of hydrogen-bond donors (Lipinski definition) is 1. The highest BCUT2D eigenvalue weighted by Gasteiger charge is 2.51. The Kier molecular flexibility index (Phi) is 4.32. The number of likely N-dealkylation sites (tertiary alicyclic amines) is 1. The van der Waals surface area contributed by atoms with Gasteiger partial charge in [-0.05, 0) is 38.0 Å². The fraction of sp³-hybridized carbons (Fsp3) is 0.867. The highest BCUT2D eigenvalue weighted by Crippen LogP contribution is 2.42. The predicted molar refractivity (Wildman–Crippen MR) is 83.5 cm³/mol. The van der Waals surface area contributed by atoms with E-state index in [9.17, 15) is 18.0 Å². The molecule has 2 fully saturated rings. The van der Waals surface area contributed by atoms with Crippen molar-refractivity contribution in [1.29, 1.82) is 0 Å². The Hall–Kier alpha value is -1.11. The standard InChI is InChI=1S/C15H26N2O4S/c1-14(2,3)10-12(18)17-9-5-6-11(17)13(19)16-22(20,21)15(4)7-8-15/h11H,5-10H2,1-4H3,(H,16,19). The maximum atomic E-state index is 12.3. The van der Waals surface area contributed by atoms with Crippen LogP contribution >= 0.6 is 0 Å². The molecule has 126 valence electrons. The van der Waals surface area contributed by atoms with E-state index >= 15 is 0 Å². The first-order valence-corrected chi connectivity index (χ1v) is 9.29. The number of sulfonamides is 1. The lowest BCUT2D eigenvalue weighted by molar-refractivity contribution is -0.139. The molecule has 1 unspecified atom stereocenters. The minimum Gasteiger partial charge on any atom is -0.331 e. The van der Waals surface area contributed by atoms with Crippen molar-refractivity contribution in [2.24, 2.45) is 5.41 Å². The zero-order chi connectivity index (χ0) is 16.8. The molecule has 2 amide bonds. The molecular weight excluding hydrogens is 304 g/mol. The summed E-state index contributed by atoms with van der Waals surface area (Å²) >= 11 is 0. The Balaban J connectivity index is 2.04. The molecule has 0 aromatic heterocycles. The van der Waals surface area contributed by atoms with Crippen LogP contribution in [0.3, 0.4) is 0 Å². The van der Waals surface area contributed by atoms with Crippen LogP contribution in [0.4, 0.5) is 0 Å². The van der Waals surface area contributed by atoms with Crippen LogP contribution in [0.15, 0.2) is 0 Å². The van der Waals surface area contributed by atoms with Crippen LogP contribution < -0.4 is 4.72 Å². The van der Waals surface area contributed by atoms with Crippen LogP contribution in [0.1, 0.15) is 59.8 Å². The van der Waals surface area contributed by atoms with Crippen molar-refractivity contribution in [2.45, 2.75) is 70.6 Å². The van der Waals surface area contributed by atoms with E-state index in [0.717, 1.165) is 6.42 Å². The average Bonchev–Trinajstić information content (AvgIpc) is 2.91. The smallest absolute Gasteiger partial charge is 0.256 e. The van der Waals surface area contributed by atoms with Gasteiger partial charge in [0.15, 0.2) is 0 Å². The molecule has 7 heteroatoms. The second-order valence-corrected chi connectivity index (χ2v) is 10.1. The van der Waals surface area contributed by atoms with Crippen molar-refractivity contribution in [3.63, 3.8) is 0 Å². The zero-order valence-corrected chi connectivity index (χ0v) is 14.6. The van der Waals surface area contributed by atoms with Crippen molar-refractivity contribution >= 4 is 21.8 Å². The van der Waals surface area contributed by atoms with E-state index in [1.54, 1.807) is 6.92 Å². The van der Waals surface area contributed by atoms with Gasteiger partial charge >= 0.3 is 0 Å². The van der Waals surface area contributed by atoms with Crippen LogP contribution in [0.5, 0.6) is 0 Å². The maximum absolute atomic E-state index is 12.3. The molecule has 6 nitrogen and oxygen atoms in total. The molecule has 1 N–H and O–H groups in total. The first-order chi connectivity index (χ1) is 9.95. The van der Waals surface area contributed by atoms with Crippen molar-refractivity contribution in [3.05, 3.63) is 0 Å². The van der Waals surface area contributed by atoms with Crippen LogP contribution in [0.2, 0.25) is 0 Å². The van der Waals surface area contributed by atoms with Crippen LogP contribution in [0, 0.1) is 5.41 Å². The SMILES string of the molecule is CC(C)(C)CC(=O)N1CCCC1C(=O)NS(=O)(=O)C1(C)CC1. The normalized spacial score (nSPS) is 24.2. The van der Waals surface area contributed by atoms with Crippen LogP contribution in [-0.4, -0.2) is 42.5 Å². The van der Waals surface area contributed by atoms with E-state index < -0.39 is 26.7 Å². The number of nitrogens with zero attached hydrogens (tertiary/aromatic N) is 1. The summed E-state index contributed by atoms with van der Waals surface area (Å²) in [5, 5.41) is 0. The maximum Gasteiger partial charge on any atom is 0.256 e. The van der Waals surface area contributed by atoms with E-state index in [4.69, 9.17) is 0 Å². The Morgan fingerprint density at radius 3 is 2.36 bits per heavy atom. The summed E-state index contributed by atoms with van der Waals surface area (Å²) in [5.41, 5.74) is -0.158. The van der Waals surface area contributed by atoms with Crippen molar-refractivity contribution in [2.75, 3.05) is 6.54 Å². The lowest BCUT2D eigenvalue weighted by Gasteiger charge is -2.27. The fourth-order valence-corrected chi connectivity index (χ4v) is 3.95. The second-order valence-electron chi connectivity index (χ2n) is 7.90. The molecular formula is C15H26N2O4S. The third-order valence-corrected chi connectivity index (χ3v) is 6.57. The first-order valence-electron chi connectivity index (χ1n) is 7.81. The Morgan fingerprint density at radius 2 is 1.86 bits per heavy atom. The van der Waals surface area contributed by atoms with Crippen LogP contribution in [-0.2, 0) is 19.6 Å². The predicted octanol–water partition coefficient (Wildman–Crippen LogP) is 1.41. The van der Waals surface area contributed by atoms with Crippen LogP contribution in [0.25, 0.3) is 0 Å². The monoisotopic (exact) mass is 330 g/mol. The molecule has 1 heterocycles. The first kappa shape index (κ1) is 17.2. The third kappa shape index (κ3) is 3.62. The van der Waals surface area contributed by atoms with E-state index in [1.807, 2.05) is 20.8 Å². The summed E-state index contributed by atoms with van der Waals surface area (Å²) in [4.78, 5) is 26.2. The van der Waals surface area contributed by atoms with Gasteiger partial charge in [-0.15, -0.1) is 0 Å². The number of amides is 2. The summed E-state index contributed by atoms with van der Waals surface area (Å²) in [6.07, 6.45) is 2.75. The molecule has 0 spiro atoms. The van der Waals surface area contributed by atoms with Gasteiger partial charge in [-0.1, -0.05) is 20.8 Å². The summed E-state index contributed by atoms with van der Waals surface area (Å²) in [5.74, 6) is -0.645. The molecule has 2 aliphatic rings. The average molecular weight is 330 g/mol. The van der Waals surface area contributed by atoms with Crippen molar-refractivity contribution in [3.8, 4) is 0 Å². The summed E-state index contributed by atoms with van der Waals surface area (Å²) < 4.78 is 25.7. The summed E-state index contributed by atoms with van der Waals surface area (Å²) in [6.45, 7) is 8.06. The second kappa shape index (κ2) is 5.51. The minimum absolute atomic E-state index is 0.0832. The Morgan fingerprint density at radius 1 is 1.27 bits per heavy atom. The number of nitrogens with one attached hydrogen (secondary N) is 1. The van der Waals surface area contributed by atoms with Gasteiger partial charge in [-0.2, -0.15) is 0 Å². The molecule has 0 bridgehead atoms. The van der Waals surface area contributed by atoms with Gasteiger partial charge in [0.25, 0.3) is 5.91 Å².